The molecule has 2 aromatic rings. The minimum Gasteiger partial charge on any atom is -0.365 e. The van der Waals surface area contributed by atoms with Gasteiger partial charge in [-0.2, -0.15) is 0 Å². The summed E-state index contributed by atoms with van der Waals surface area (Å²) in [6, 6.07) is 8.45. The third-order valence-electron chi connectivity index (χ3n) is 3.99. The van der Waals surface area contributed by atoms with Gasteiger partial charge in [-0.05, 0) is 51.0 Å². The molecule has 2 rings (SSSR count). The van der Waals surface area contributed by atoms with Crippen molar-refractivity contribution >= 4 is 0 Å². The molecule has 0 saturated carbocycles. The molecule has 1 N–H and O–H groups in total. The summed E-state index contributed by atoms with van der Waals surface area (Å²) in [5.41, 5.74) is 1.70. The molecule has 0 fully saturated rings. The Labute approximate surface area is 110 Å². The van der Waals surface area contributed by atoms with Crippen molar-refractivity contribution in [3.63, 3.8) is 0 Å². The molecule has 0 unspecified atom stereocenters. The van der Waals surface area contributed by atoms with Crippen LogP contribution in [0.5, 0.6) is 0 Å². The molecule has 0 radical (unpaired) electrons. The predicted molar refractivity (Wildman–Crippen MR) is 76.8 cm³/mol. The average molecular weight is 244 g/mol. The predicted octanol–water partition coefficient (Wildman–Crippen LogP) is 4.31. The summed E-state index contributed by atoms with van der Waals surface area (Å²) in [5, 5.41) is 0. The lowest BCUT2D eigenvalue weighted by molar-refractivity contribution is 0.283. The van der Waals surface area contributed by atoms with Crippen molar-refractivity contribution < 1.29 is 0 Å². The van der Waals surface area contributed by atoms with Crippen LogP contribution in [0.4, 0.5) is 0 Å². The summed E-state index contributed by atoms with van der Waals surface area (Å²) in [7, 11) is 0. The summed E-state index contributed by atoms with van der Waals surface area (Å²) < 4.78 is 2.30. The minimum atomic E-state index is 0.174. The topological polar surface area (TPSA) is 20.7 Å². The van der Waals surface area contributed by atoms with E-state index in [1.54, 1.807) is 0 Å². The van der Waals surface area contributed by atoms with Gasteiger partial charge in [0.25, 0.3) is 0 Å². The van der Waals surface area contributed by atoms with Crippen LogP contribution >= 0.6 is 0 Å². The maximum atomic E-state index is 3.34. The first kappa shape index (κ1) is 13.0. The molecular weight excluding hydrogens is 220 g/mol. The molecule has 98 valence electrons. The van der Waals surface area contributed by atoms with Crippen molar-refractivity contribution in [2.24, 2.45) is 0 Å². The van der Waals surface area contributed by atoms with Crippen LogP contribution in [0, 0.1) is 0 Å². The van der Waals surface area contributed by atoms with Crippen LogP contribution in [-0.4, -0.2) is 9.55 Å². The number of hydrogen-bond acceptors (Lipinski definition) is 0. The molecular formula is C16H24N2. The number of hydrogen-bond donors (Lipinski definition) is 1. The lowest BCUT2D eigenvalue weighted by Crippen LogP contribution is -2.28. The van der Waals surface area contributed by atoms with Crippen molar-refractivity contribution in [1.82, 2.24) is 9.55 Å². The van der Waals surface area contributed by atoms with Gasteiger partial charge in [0, 0.05) is 35.2 Å². The summed E-state index contributed by atoms with van der Waals surface area (Å²) >= 11 is 0. The Morgan fingerprint density at radius 2 is 1.67 bits per heavy atom. The fourth-order valence-corrected chi connectivity index (χ4v) is 2.37. The lowest BCUT2D eigenvalue weighted by Gasteiger charge is -2.32. The van der Waals surface area contributed by atoms with Gasteiger partial charge in [0.1, 0.15) is 0 Å². The van der Waals surface area contributed by atoms with Gasteiger partial charge in [0.15, 0.2) is 0 Å². The van der Waals surface area contributed by atoms with Crippen LogP contribution in [-0.2, 0) is 11.0 Å². The Morgan fingerprint density at radius 1 is 1.00 bits per heavy atom. The Morgan fingerprint density at radius 3 is 2.22 bits per heavy atom. The minimum absolute atomic E-state index is 0.174. The first-order chi connectivity index (χ1) is 8.42. The van der Waals surface area contributed by atoms with Gasteiger partial charge in [-0.25, -0.2) is 0 Å². The third kappa shape index (κ3) is 2.69. The highest BCUT2D eigenvalue weighted by Crippen LogP contribution is 2.32. The highest BCUT2D eigenvalue weighted by atomic mass is 15.0. The summed E-state index contributed by atoms with van der Waals surface area (Å²) in [6.45, 7) is 9.23. The number of aromatic nitrogens is 2. The van der Waals surface area contributed by atoms with Crippen molar-refractivity contribution in [3.8, 4) is 0 Å². The van der Waals surface area contributed by atoms with Gasteiger partial charge < -0.3 is 9.55 Å². The number of aromatic amines is 1. The van der Waals surface area contributed by atoms with Crippen molar-refractivity contribution in [3.05, 3.63) is 48.5 Å². The molecule has 2 heteroatoms. The zero-order valence-electron chi connectivity index (χ0n) is 11.9. The van der Waals surface area contributed by atoms with Gasteiger partial charge in [-0.15, -0.1) is 0 Å². The van der Waals surface area contributed by atoms with E-state index in [0.717, 1.165) is 6.42 Å². The molecule has 0 aliphatic heterocycles. The quantitative estimate of drug-likeness (QED) is 0.809. The molecule has 0 aliphatic carbocycles. The zero-order valence-corrected chi connectivity index (χ0v) is 11.9. The maximum Gasteiger partial charge on any atom is 0.0384 e. The number of nitrogens with zero attached hydrogens (tertiary/aromatic N) is 1. The zero-order chi connectivity index (χ0) is 13.2. The first-order valence-electron chi connectivity index (χ1n) is 6.69. The second-order valence-electron chi connectivity index (χ2n) is 6.37. The second kappa shape index (κ2) is 4.68. The van der Waals surface area contributed by atoms with Crippen molar-refractivity contribution in [1.29, 1.82) is 0 Å². The van der Waals surface area contributed by atoms with E-state index in [-0.39, 0.29) is 11.0 Å². The average Bonchev–Trinajstić information content (AvgIpc) is 2.99. The molecule has 0 bridgehead atoms. The van der Waals surface area contributed by atoms with E-state index in [4.69, 9.17) is 0 Å². The lowest BCUT2D eigenvalue weighted by atomic mass is 9.80. The molecule has 0 saturated heterocycles. The van der Waals surface area contributed by atoms with Crippen LogP contribution in [0.3, 0.4) is 0 Å². The standard InChI is InChI=1S/C16H24N2/c1-15(2,14-8-7-11-17-14)9-10-16(3,4)18-12-5-6-13-18/h5-8,11-13,17H,9-10H2,1-4H3. The fourth-order valence-electron chi connectivity index (χ4n) is 2.37. The highest BCUT2D eigenvalue weighted by Gasteiger charge is 2.26. The van der Waals surface area contributed by atoms with Crippen LogP contribution < -0.4 is 0 Å². The van der Waals surface area contributed by atoms with Gasteiger partial charge in [0.05, 0.1) is 0 Å². The van der Waals surface area contributed by atoms with Gasteiger partial charge in [-0.3, -0.25) is 0 Å². The smallest absolute Gasteiger partial charge is 0.0384 e. The van der Waals surface area contributed by atoms with Crippen LogP contribution in [0.25, 0.3) is 0 Å². The molecule has 0 aromatic carbocycles. The number of nitrogens with one attached hydrogen (secondary N) is 1. The Bertz CT molecular complexity index is 415. The molecule has 0 atom stereocenters. The Hall–Kier alpha value is -1.44. The SMILES string of the molecule is CC(C)(CCC(C)(C)n1cccc1)c1ccc[nH]1. The Balaban J connectivity index is 2.03. The Kier molecular flexibility index (Phi) is 3.38. The van der Waals surface area contributed by atoms with Gasteiger partial charge in [0.2, 0.25) is 0 Å². The van der Waals surface area contributed by atoms with E-state index in [1.165, 1.54) is 12.1 Å². The molecule has 0 amide bonds. The van der Waals surface area contributed by atoms with Crippen LogP contribution in [0.15, 0.2) is 42.9 Å². The van der Waals surface area contributed by atoms with E-state index in [1.807, 2.05) is 6.20 Å². The highest BCUT2D eigenvalue weighted by molar-refractivity contribution is 5.15. The second-order valence-corrected chi connectivity index (χ2v) is 6.37. The van der Waals surface area contributed by atoms with Gasteiger partial charge >= 0.3 is 0 Å². The molecule has 0 spiro atoms. The molecule has 0 aliphatic rings. The summed E-state index contributed by atoms with van der Waals surface area (Å²) in [4.78, 5) is 3.34. The van der Waals surface area contributed by atoms with E-state index < -0.39 is 0 Å². The molecule has 2 nitrogen and oxygen atoms in total. The van der Waals surface area contributed by atoms with E-state index in [2.05, 4.69) is 73.9 Å². The van der Waals surface area contributed by atoms with E-state index in [0.29, 0.717) is 0 Å². The molecule has 2 aromatic heterocycles. The monoisotopic (exact) mass is 244 g/mol. The van der Waals surface area contributed by atoms with Crippen LogP contribution in [0.2, 0.25) is 0 Å². The first-order valence-corrected chi connectivity index (χ1v) is 6.69. The fraction of sp³-hybridized carbons (Fsp3) is 0.500. The molecule has 18 heavy (non-hydrogen) atoms. The maximum absolute atomic E-state index is 3.34. The van der Waals surface area contributed by atoms with E-state index in [9.17, 15) is 0 Å². The summed E-state index contributed by atoms with van der Waals surface area (Å²) in [6.07, 6.45) is 8.64. The molecule has 2 heterocycles. The summed E-state index contributed by atoms with van der Waals surface area (Å²) in [5.74, 6) is 0. The normalized spacial score (nSPS) is 12.9. The third-order valence-corrected chi connectivity index (χ3v) is 3.99. The van der Waals surface area contributed by atoms with Gasteiger partial charge in [-0.1, -0.05) is 13.8 Å². The van der Waals surface area contributed by atoms with E-state index >= 15 is 0 Å². The largest absolute Gasteiger partial charge is 0.365 e. The number of H-pyrrole nitrogens is 1. The van der Waals surface area contributed by atoms with Crippen LogP contribution in [0.1, 0.15) is 46.2 Å². The van der Waals surface area contributed by atoms with Crippen molar-refractivity contribution in [2.45, 2.75) is 51.5 Å². The number of rotatable bonds is 5. The van der Waals surface area contributed by atoms with Crippen molar-refractivity contribution in [2.75, 3.05) is 0 Å².